The molecule has 1 aliphatic rings. The molecule has 4 N–H and O–H groups in total. The van der Waals surface area contributed by atoms with E-state index in [9.17, 15) is 17.6 Å². The van der Waals surface area contributed by atoms with Crippen LogP contribution in [0.5, 0.6) is 5.75 Å². The number of primary sulfonamides is 1. The molecule has 1 aliphatic heterocycles. The molecule has 0 fully saturated rings. The molecule has 178 valence electrons. The van der Waals surface area contributed by atoms with Crippen LogP contribution in [0.3, 0.4) is 0 Å². The minimum absolute atomic E-state index is 0.0903. The van der Waals surface area contributed by atoms with Crippen molar-refractivity contribution in [2.45, 2.75) is 31.3 Å². The van der Waals surface area contributed by atoms with Gasteiger partial charge in [0.1, 0.15) is 11.6 Å². The van der Waals surface area contributed by atoms with E-state index >= 15 is 0 Å². The number of carbonyl (C=O) groups excluding carboxylic acids is 1. The first kappa shape index (κ1) is 23.4. The highest BCUT2D eigenvalue weighted by molar-refractivity contribution is 7.89. The number of hydrogen-bond acceptors (Lipinski definition) is 8. The molecule has 0 saturated carbocycles. The summed E-state index contributed by atoms with van der Waals surface area (Å²) in [6, 6.07) is 10.8. The van der Waals surface area contributed by atoms with E-state index in [0.29, 0.717) is 22.8 Å². The zero-order valence-electron chi connectivity index (χ0n) is 18.9. The van der Waals surface area contributed by atoms with Crippen LogP contribution in [-0.2, 0) is 14.8 Å². The lowest BCUT2D eigenvalue weighted by Gasteiger charge is -2.37. The molecule has 0 bridgehead atoms. The van der Waals surface area contributed by atoms with Crippen LogP contribution in [0.4, 0.5) is 33.2 Å². The van der Waals surface area contributed by atoms with E-state index in [2.05, 4.69) is 20.6 Å². The normalized spacial score (nSPS) is 14.9. The van der Waals surface area contributed by atoms with E-state index in [-0.39, 0.29) is 28.1 Å². The maximum Gasteiger partial charge on any atom is 0.270 e. The molecule has 0 aliphatic carbocycles. The zero-order valence-corrected chi connectivity index (χ0v) is 19.7. The number of nitrogens with one attached hydrogen (secondary N) is 2. The molecule has 34 heavy (non-hydrogen) atoms. The number of hydrogen-bond donors (Lipinski definition) is 3. The van der Waals surface area contributed by atoms with Crippen LogP contribution < -0.4 is 25.4 Å². The van der Waals surface area contributed by atoms with Crippen molar-refractivity contribution in [3.05, 3.63) is 54.0 Å². The fourth-order valence-corrected chi connectivity index (χ4v) is 4.02. The number of aromatic nitrogens is 2. The van der Waals surface area contributed by atoms with Crippen molar-refractivity contribution in [2.75, 3.05) is 22.6 Å². The molecule has 0 saturated heterocycles. The van der Waals surface area contributed by atoms with Gasteiger partial charge in [0, 0.05) is 24.0 Å². The predicted molar refractivity (Wildman–Crippen MR) is 126 cm³/mol. The fourth-order valence-electron chi connectivity index (χ4n) is 3.46. The number of ether oxygens (including phenoxy) is 1. The number of amides is 1. The van der Waals surface area contributed by atoms with Crippen molar-refractivity contribution < 1.29 is 22.3 Å². The number of rotatable bonds is 5. The van der Waals surface area contributed by atoms with Crippen LogP contribution in [0.15, 0.2) is 47.4 Å². The van der Waals surface area contributed by atoms with Gasteiger partial charge in [-0.25, -0.2) is 13.6 Å². The molecular formula is C22H23FN6O4S. The second-order valence-electron chi connectivity index (χ2n) is 8.29. The van der Waals surface area contributed by atoms with Crippen LogP contribution in [0, 0.1) is 12.9 Å². The summed E-state index contributed by atoms with van der Waals surface area (Å²) >= 11 is 0. The molecule has 1 aromatic heterocycles. The molecule has 2 aromatic carbocycles. The van der Waals surface area contributed by atoms with Gasteiger partial charge in [-0.05, 0) is 57.2 Å². The lowest BCUT2D eigenvalue weighted by atomic mass is 10.0. The third-order valence-corrected chi connectivity index (χ3v) is 6.18. The van der Waals surface area contributed by atoms with Gasteiger partial charge in [-0.2, -0.15) is 14.4 Å². The summed E-state index contributed by atoms with van der Waals surface area (Å²) in [5, 5.41) is 11.0. The van der Waals surface area contributed by atoms with Crippen molar-refractivity contribution >= 4 is 44.8 Å². The number of halogens is 1. The Kier molecular flexibility index (Phi) is 5.66. The second kappa shape index (κ2) is 8.22. The minimum Gasteiger partial charge on any atom is -0.476 e. The molecule has 2 heterocycles. The topological polar surface area (TPSA) is 140 Å². The van der Waals surface area contributed by atoms with Gasteiger partial charge >= 0.3 is 0 Å². The summed E-state index contributed by atoms with van der Waals surface area (Å²) in [6.45, 7) is 4.91. The summed E-state index contributed by atoms with van der Waals surface area (Å²) in [4.78, 5) is 22.0. The van der Waals surface area contributed by atoms with Gasteiger partial charge in [-0.3, -0.25) is 4.79 Å². The summed E-state index contributed by atoms with van der Waals surface area (Å²) in [6.07, 6.45) is 0. The van der Waals surface area contributed by atoms with Crippen molar-refractivity contribution in [2.24, 2.45) is 5.14 Å². The SMILES string of the molecule is Cc1c(F)nc(Nc2cccc(S(N)(=O)=O)c2)nc1Nc1ccc2c(c1)N(C)C(=O)C(C)(C)O2. The maximum absolute atomic E-state index is 14.6. The number of anilines is 5. The first-order chi connectivity index (χ1) is 15.8. The lowest BCUT2D eigenvalue weighted by molar-refractivity contribution is -0.132. The molecule has 0 atom stereocenters. The van der Waals surface area contributed by atoms with Crippen molar-refractivity contribution in [3.63, 3.8) is 0 Å². The third kappa shape index (κ3) is 4.50. The van der Waals surface area contributed by atoms with Crippen molar-refractivity contribution in [1.29, 1.82) is 0 Å². The largest absolute Gasteiger partial charge is 0.476 e. The lowest BCUT2D eigenvalue weighted by Crippen LogP contribution is -2.50. The average Bonchev–Trinajstić information content (AvgIpc) is 2.75. The van der Waals surface area contributed by atoms with Gasteiger partial charge in [0.2, 0.25) is 21.9 Å². The Balaban J connectivity index is 1.64. The number of likely N-dealkylation sites (N-methyl/N-ethyl adjacent to an activating group) is 1. The smallest absolute Gasteiger partial charge is 0.270 e. The first-order valence-electron chi connectivity index (χ1n) is 10.2. The van der Waals surface area contributed by atoms with Crippen LogP contribution >= 0.6 is 0 Å². The number of sulfonamides is 1. The maximum atomic E-state index is 14.6. The predicted octanol–water partition coefficient (Wildman–Crippen LogP) is 3.19. The molecule has 4 rings (SSSR count). The van der Waals surface area contributed by atoms with Crippen LogP contribution in [0.2, 0.25) is 0 Å². The van der Waals surface area contributed by atoms with Crippen molar-refractivity contribution in [1.82, 2.24) is 9.97 Å². The summed E-state index contributed by atoms with van der Waals surface area (Å²) in [5.41, 5.74) is 0.604. The van der Waals surface area contributed by atoms with E-state index in [1.54, 1.807) is 45.2 Å². The quantitative estimate of drug-likeness (QED) is 0.467. The number of carbonyl (C=O) groups is 1. The molecule has 1 amide bonds. The van der Waals surface area contributed by atoms with Crippen molar-refractivity contribution in [3.8, 4) is 5.75 Å². The number of nitrogens with two attached hydrogens (primary N) is 1. The summed E-state index contributed by atoms with van der Waals surface area (Å²) in [7, 11) is -2.25. The van der Waals surface area contributed by atoms with Crippen LogP contribution in [-0.4, -0.2) is 36.9 Å². The molecule has 10 nitrogen and oxygen atoms in total. The van der Waals surface area contributed by atoms with Gasteiger partial charge < -0.3 is 20.3 Å². The molecule has 0 unspecified atom stereocenters. The van der Waals surface area contributed by atoms with Crippen LogP contribution in [0.25, 0.3) is 0 Å². The molecule has 12 heteroatoms. The number of nitrogens with zero attached hydrogens (tertiary/aromatic N) is 3. The number of benzene rings is 2. The van der Waals surface area contributed by atoms with E-state index < -0.39 is 21.6 Å². The van der Waals surface area contributed by atoms with Gasteiger partial charge in [0.05, 0.1) is 10.6 Å². The van der Waals surface area contributed by atoms with E-state index in [4.69, 9.17) is 9.88 Å². The summed E-state index contributed by atoms with van der Waals surface area (Å²) < 4.78 is 43.5. The first-order valence-corrected chi connectivity index (χ1v) is 11.7. The van der Waals surface area contributed by atoms with Gasteiger partial charge in [-0.15, -0.1) is 0 Å². The number of fused-ring (bicyclic) bond motifs is 1. The van der Waals surface area contributed by atoms with Gasteiger partial charge in [0.25, 0.3) is 5.91 Å². The summed E-state index contributed by atoms with van der Waals surface area (Å²) in [5.74, 6) is -0.330. The fraction of sp³-hybridized carbons (Fsp3) is 0.227. The van der Waals surface area contributed by atoms with Gasteiger partial charge in [-0.1, -0.05) is 6.07 Å². The van der Waals surface area contributed by atoms with E-state index in [0.717, 1.165) is 0 Å². The van der Waals surface area contributed by atoms with E-state index in [1.807, 2.05) is 0 Å². The highest BCUT2D eigenvalue weighted by atomic mass is 32.2. The third-order valence-electron chi connectivity index (χ3n) is 5.27. The molecule has 3 aromatic rings. The highest BCUT2D eigenvalue weighted by Gasteiger charge is 2.39. The molecule has 0 spiro atoms. The Labute approximate surface area is 196 Å². The Hall–Kier alpha value is -3.77. The minimum atomic E-state index is -3.91. The molecule has 0 radical (unpaired) electrons. The average molecular weight is 487 g/mol. The monoisotopic (exact) mass is 486 g/mol. The highest BCUT2D eigenvalue weighted by Crippen LogP contribution is 2.39. The zero-order chi connectivity index (χ0) is 24.8. The van der Waals surface area contributed by atoms with Crippen LogP contribution in [0.1, 0.15) is 19.4 Å². The Morgan fingerprint density at radius 2 is 1.79 bits per heavy atom. The standard InChI is InChI=1S/C22H23FN6O4S/c1-12-18(23)27-21(26-13-6-5-7-15(10-13)34(24,31)32)28-19(12)25-14-8-9-17-16(11-14)29(4)20(30)22(2,3)33-17/h5-11H,1-4H3,(H2,24,31,32)(H2,25,26,27,28). The van der Waals surface area contributed by atoms with E-state index in [1.165, 1.54) is 30.0 Å². The Bertz CT molecular complexity index is 1410. The second-order valence-corrected chi connectivity index (χ2v) is 9.85. The Morgan fingerprint density at radius 1 is 1.09 bits per heavy atom. The van der Waals surface area contributed by atoms with Gasteiger partial charge in [0.15, 0.2) is 5.60 Å². The Morgan fingerprint density at radius 3 is 2.50 bits per heavy atom. The molecular weight excluding hydrogens is 463 g/mol.